The Balaban J connectivity index is 1.99. The molecule has 1 saturated heterocycles. The smallest absolute Gasteiger partial charge is 0.409 e. The van der Waals surface area contributed by atoms with Gasteiger partial charge in [0.2, 0.25) is 11.0 Å². The molecule has 0 unspecified atom stereocenters. The molecular formula is C13H15FN6O8. The maximum Gasteiger partial charge on any atom is 0.409 e. The maximum absolute atomic E-state index is 12.0. The van der Waals surface area contributed by atoms with E-state index in [1.54, 1.807) is 0 Å². The van der Waals surface area contributed by atoms with Gasteiger partial charge in [-0.3, -0.25) is 25.1 Å². The Morgan fingerprint density at radius 1 is 1.14 bits per heavy atom. The summed E-state index contributed by atoms with van der Waals surface area (Å²) in [5.41, 5.74) is -1.25. The van der Waals surface area contributed by atoms with E-state index >= 15 is 0 Å². The summed E-state index contributed by atoms with van der Waals surface area (Å²) in [6.45, 7) is -0.823. The molecular weight excluding hydrogens is 387 g/mol. The summed E-state index contributed by atoms with van der Waals surface area (Å²) in [5, 5.41) is 38.0. The summed E-state index contributed by atoms with van der Waals surface area (Å²) in [4.78, 5) is 37.7. The van der Waals surface area contributed by atoms with Crippen molar-refractivity contribution in [3.8, 4) is 5.75 Å². The van der Waals surface area contributed by atoms with Crippen LogP contribution in [0.4, 0.5) is 20.6 Å². The monoisotopic (exact) mass is 402 g/mol. The van der Waals surface area contributed by atoms with Gasteiger partial charge in [0.25, 0.3) is 5.69 Å². The molecule has 1 amide bonds. The number of halogens is 1. The lowest BCUT2D eigenvalue weighted by atomic mass is 10.2. The number of carbonyl (C=O) groups excluding carboxylic acids is 1. The van der Waals surface area contributed by atoms with Crippen LogP contribution in [-0.2, 0) is 4.74 Å². The van der Waals surface area contributed by atoms with Crippen molar-refractivity contribution in [2.45, 2.75) is 0 Å². The minimum Gasteiger partial charge on any atom is -0.569 e. The largest absolute Gasteiger partial charge is 0.569 e. The van der Waals surface area contributed by atoms with Crippen LogP contribution < -0.4 is 4.84 Å². The first-order valence-corrected chi connectivity index (χ1v) is 7.84. The number of non-ortho nitro benzene ring substituents is 1. The topological polar surface area (TPSA) is 167 Å². The second-order valence-corrected chi connectivity index (χ2v) is 5.34. The van der Waals surface area contributed by atoms with Crippen molar-refractivity contribution in [2.75, 3.05) is 39.5 Å². The van der Waals surface area contributed by atoms with Crippen molar-refractivity contribution in [2.24, 2.45) is 5.28 Å². The highest BCUT2D eigenvalue weighted by Gasteiger charge is 2.27. The normalized spacial score (nSPS) is 14.5. The average molecular weight is 402 g/mol. The third kappa shape index (κ3) is 5.12. The number of ether oxygens (including phenoxy) is 1. The van der Waals surface area contributed by atoms with Gasteiger partial charge in [-0.05, 0) is 6.07 Å². The quantitative estimate of drug-likeness (QED) is 0.283. The number of hydrogen-bond acceptors (Lipinski definition) is 9. The van der Waals surface area contributed by atoms with Gasteiger partial charge in [0.15, 0.2) is 0 Å². The van der Waals surface area contributed by atoms with Crippen LogP contribution in [0.3, 0.4) is 0 Å². The van der Waals surface area contributed by atoms with Crippen LogP contribution in [0.5, 0.6) is 5.75 Å². The molecule has 0 bridgehead atoms. The molecule has 0 radical (unpaired) electrons. The highest BCUT2D eigenvalue weighted by Crippen LogP contribution is 2.31. The van der Waals surface area contributed by atoms with Crippen LogP contribution in [0.1, 0.15) is 0 Å². The SMILES string of the molecule is O=C(OCCF)N1CCN(/[N+]([O-])=N/Oc2ccc([N+](=O)[O-])cc2[N+](=O)[O-])CC1. The van der Waals surface area contributed by atoms with E-state index in [4.69, 9.17) is 4.84 Å². The first kappa shape index (κ1) is 20.5. The molecule has 0 atom stereocenters. The lowest BCUT2D eigenvalue weighted by molar-refractivity contribution is -0.708. The van der Waals surface area contributed by atoms with Crippen LogP contribution in [0.15, 0.2) is 23.5 Å². The summed E-state index contributed by atoms with van der Waals surface area (Å²) in [6.07, 6.45) is -0.704. The summed E-state index contributed by atoms with van der Waals surface area (Å²) in [7, 11) is 0. The second-order valence-electron chi connectivity index (χ2n) is 5.34. The molecule has 1 heterocycles. The Labute approximate surface area is 156 Å². The van der Waals surface area contributed by atoms with Crippen molar-refractivity contribution >= 4 is 17.5 Å². The number of nitro benzene ring substituents is 2. The number of nitro groups is 2. The number of rotatable bonds is 7. The third-order valence-corrected chi connectivity index (χ3v) is 3.62. The summed E-state index contributed by atoms with van der Waals surface area (Å²) in [6, 6.07) is 2.60. The predicted molar refractivity (Wildman–Crippen MR) is 86.9 cm³/mol. The molecule has 0 saturated carbocycles. The van der Waals surface area contributed by atoms with Crippen LogP contribution in [0.25, 0.3) is 0 Å². The Hall–Kier alpha value is -3.78. The molecule has 1 aromatic carbocycles. The van der Waals surface area contributed by atoms with Gasteiger partial charge in [0.1, 0.15) is 13.3 Å². The Morgan fingerprint density at radius 2 is 1.82 bits per heavy atom. The minimum absolute atomic E-state index is 0.0510. The number of hydrogen-bond donors (Lipinski definition) is 0. The molecule has 15 heteroatoms. The van der Waals surface area contributed by atoms with Gasteiger partial charge < -0.3 is 14.8 Å². The number of amides is 1. The molecule has 0 aromatic heterocycles. The number of piperazine rings is 1. The first-order valence-electron chi connectivity index (χ1n) is 7.84. The van der Waals surface area contributed by atoms with Gasteiger partial charge in [-0.15, -0.1) is 5.01 Å². The van der Waals surface area contributed by atoms with Crippen LogP contribution in [0, 0.1) is 25.4 Å². The minimum atomic E-state index is -0.908. The Kier molecular flexibility index (Phi) is 6.78. The zero-order chi connectivity index (χ0) is 20.7. The van der Waals surface area contributed by atoms with Gasteiger partial charge >= 0.3 is 11.8 Å². The molecule has 14 nitrogen and oxygen atoms in total. The van der Waals surface area contributed by atoms with Crippen LogP contribution in [0.2, 0.25) is 0 Å². The van der Waals surface area contributed by atoms with E-state index in [0.29, 0.717) is 6.07 Å². The lowest BCUT2D eigenvalue weighted by Crippen LogP contribution is -2.51. The summed E-state index contributed by atoms with van der Waals surface area (Å²) >= 11 is 0. The van der Waals surface area contributed by atoms with E-state index in [9.17, 15) is 34.6 Å². The number of carbonyl (C=O) groups is 1. The fourth-order valence-electron chi connectivity index (χ4n) is 2.24. The van der Waals surface area contributed by atoms with Crippen molar-refractivity contribution in [3.63, 3.8) is 0 Å². The molecule has 1 aliphatic rings. The van der Waals surface area contributed by atoms with Gasteiger partial charge in [0, 0.05) is 19.2 Å². The third-order valence-electron chi connectivity index (χ3n) is 3.62. The van der Waals surface area contributed by atoms with E-state index < -0.39 is 39.7 Å². The van der Waals surface area contributed by atoms with Crippen molar-refractivity contribution in [1.29, 1.82) is 0 Å². The van der Waals surface area contributed by atoms with E-state index in [0.717, 1.165) is 17.1 Å². The second kappa shape index (κ2) is 9.24. The summed E-state index contributed by atoms with van der Waals surface area (Å²) in [5.74, 6) is -0.454. The van der Waals surface area contributed by atoms with E-state index in [2.05, 4.69) is 10.0 Å². The van der Waals surface area contributed by atoms with E-state index in [1.165, 1.54) is 4.90 Å². The molecule has 1 fully saturated rings. The fraction of sp³-hybridized carbons (Fsp3) is 0.462. The van der Waals surface area contributed by atoms with Crippen molar-refractivity contribution in [1.82, 2.24) is 9.91 Å². The van der Waals surface area contributed by atoms with Crippen molar-refractivity contribution in [3.05, 3.63) is 43.6 Å². The number of benzene rings is 1. The molecule has 0 aliphatic carbocycles. The zero-order valence-electron chi connectivity index (χ0n) is 14.3. The molecule has 1 aliphatic heterocycles. The maximum atomic E-state index is 12.0. The number of alkyl halides is 1. The fourth-order valence-corrected chi connectivity index (χ4v) is 2.24. The summed E-state index contributed by atoms with van der Waals surface area (Å²) < 4.78 is 16.6. The predicted octanol–water partition coefficient (Wildman–Crippen LogP) is 1.40. The van der Waals surface area contributed by atoms with E-state index in [1.807, 2.05) is 0 Å². The zero-order valence-corrected chi connectivity index (χ0v) is 14.3. The molecule has 152 valence electrons. The lowest BCUT2D eigenvalue weighted by Gasteiger charge is -2.30. The van der Waals surface area contributed by atoms with Crippen LogP contribution >= 0.6 is 0 Å². The highest BCUT2D eigenvalue weighted by molar-refractivity contribution is 5.67. The Bertz CT molecular complexity index is 782. The van der Waals surface area contributed by atoms with Gasteiger partial charge in [0.05, 0.1) is 34.0 Å². The van der Waals surface area contributed by atoms with Gasteiger partial charge in [-0.25, -0.2) is 9.18 Å². The number of nitrogens with zero attached hydrogens (tertiary/aromatic N) is 6. The highest BCUT2D eigenvalue weighted by atomic mass is 19.1. The molecule has 2 rings (SSSR count). The van der Waals surface area contributed by atoms with Crippen molar-refractivity contribution < 1.29 is 33.6 Å². The molecule has 0 spiro atoms. The number of hydrazine groups is 1. The average Bonchev–Trinajstić information content (AvgIpc) is 2.69. The first-order chi connectivity index (χ1) is 13.3. The molecule has 28 heavy (non-hydrogen) atoms. The standard InChI is InChI=1S/C13H15FN6O8/c14-3-8-27-13(21)16-4-6-17(7-5-16)20(26)15-28-12-2-1-10(18(22)23)9-11(12)19(24)25/h1-2,9H,3-8H2/b20-15-. The van der Waals surface area contributed by atoms with Gasteiger partial charge in [-0.1, -0.05) is 0 Å². The Morgan fingerprint density at radius 3 is 2.39 bits per heavy atom. The van der Waals surface area contributed by atoms with Crippen LogP contribution in [-0.4, -0.2) is 70.3 Å². The van der Waals surface area contributed by atoms with Gasteiger partial charge in [-0.2, -0.15) is 0 Å². The molecule has 0 N–H and O–H groups in total. The molecule has 1 aromatic rings. The van der Waals surface area contributed by atoms with E-state index in [-0.39, 0.29) is 37.8 Å².